The largest absolute Gasteiger partial charge is 0.480 e. The van der Waals surface area contributed by atoms with Crippen molar-refractivity contribution in [1.29, 1.82) is 0 Å². The SMILES string of the molecule is CCCC[N+](CCO[Si](CC)(CC)CC)(CCO[Si](CC)(CC)CC)CCO[Si](CC)(CC)CC.O=S(=O)([N-]S(=O)(=O)C(F)(F)F)C(F)(F)F. The molecule has 0 amide bonds. The Morgan fingerprint density at radius 3 is 0.900 bits per heavy atom. The van der Waals surface area contributed by atoms with Gasteiger partial charge in [-0.3, -0.25) is 0 Å². The summed E-state index contributed by atoms with van der Waals surface area (Å²) in [5.74, 6) is 0. The van der Waals surface area contributed by atoms with E-state index in [2.05, 4.69) is 69.2 Å². The molecule has 0 fully saturated rings. The molecule has 0 aromatic heterocycles. The van der Waals surface area contributed by atoms with Crippen LogP contribution in [0.1, 0.15) is 82.1 Å². The molecule has 0 aromatic rings. The van der Waals surface area contributed by atoms with Gasteiger partial charge in [0.25, 0.3) is 0 Å². The summed E-state index contributed by atoms with van der Waals surface area (Å²) in [7, 11) is -18.1. The fourth-order valence-electron chi connectivity index (χ4n) is 5.91. The van der Waals surface area contributed by atoms with E-state index in [0.29, 0.717) is 0 Å². The van der Waals surface area contributed by atoms with Crippen molar-refractivity contribution >= 4 is 45.0 Å². The van der Waals surface area contributed by atoms with Gasteiger partial charge in [0.1, 0.15) is 19.6 Å². The Morgan fingerprint density at radius 2 is 0.720 bits per heavy atom. The van der Waals surface area contributed by atoms with E-state index in [1.165, 1.54) is 73.8 Å². The highest BCUT2D eigenvalue weighted by Gasteiger charge is 2.47. The van der Waals surface area contributed by atoms with Crippen molar-refractivity contribution in [3.63, 3.8) is 0 Å². The van der Waals surface area contributed by atoms with Gasteiger partial charge in [-0.15, -0.1) is 0 Å². The second kappa shape index (κ2) is 23.0. The van der Waals surface area contributed by atoms with Crippen molar-refractivity contribution in [2.24, 2.45) is 0 Å². The Labute approximate surface area is 302 Å². The highest BCUT2D eigenvalue weighted by atomic mass is 32.3. The molecule has 304 valence electrons. The van der Waals surface area contributed by atoms with Crippen LogP contribution in [0.2, 0.25) is 54.4 Å². The minimum absolute atomic E-state index is 0.778. The van der Waals surface area contributed by atoms with E-state index < -0.39 is 56.0 Å². The number of alkyl halides is 6. The van der Waals surface area contributed by atoms with Gasteiger partial charge >= 0.3 is 11.0 Å². The van der Waals surface area contributed by atoms with Gasteiger partial charge in [0.05, 0.1) is 26.4 Å². The number of quaternary nitrogens is 1. The maximum Gasteiger partial charge on any atom is 0.480 e. The quantitative estimate of drug-likeness (QED) is 0.0485. The molecule has 0 atom stereocenters. The third-order valence-corrected chi connectivity index (χ3v) is 27.3. The molecule has 0 saturated heterocycles. The Kier molecular flexibility index (Phi) is 23.9. The Balaban J connectivity index is 0. The maximum atomic E-state index is 11.4. The normalized spacial score (nSPS) is 14.1. The molecule has 0 bridgehead atoms. The third-order valence-electron chi connectivity index (χ3n) is 10.5. The lowest BCUT2D eigenvalue weighted by Gasteiger charge is -2.42. The lowest BCUT2D eigenvalue weighted by atomic mass is 10.2. The van der Waals surface area contributed by atoms with Gasteiger partial charge in [0.2, 0.25) is 0 Å². The standard InChI is InChI=1S/C28H66NO3Si3.C2F6NO4S2/c1-11-21-22-29(23-26-30-33(12-2,13-3)14-4,24-27-31-34(15-5,16-6)17-7)25-28-32-35(18-8,19-9)20-10;3-1(4,5)14(10,11)9-15(12,13)2(6,7)8/h11-28H2,1-10H3;/q+1;-1. The molecule has 0 unspecified atom stereocenters. The zero-order chi connectivity index (χ0) is 39.6. The van der Waals surface area contributed by atoms with Crippen molar-refractivity contribution in [2.75, 3.05) is 46.0 Å². The number of rotatable bonds is 26. The van der Waals surface area contributed by atoms with Crippen molar-refractivity contribution in [3.05, 3.63) is 4.13 Å². The highest BCUT2D eigenvalue weighted by Crippen LogP contribution is 2.36. The summed E-state index contributed by atoms with van der Waals surface area (Å²) in [6.07, 6.45) is 2.52. The van der Waals surface area contributed by atoms with Gasteiger partial charge < -0.3 is 21.9 Å². The molecule has 0 aliphatic rings. The van der Waals surface area contributed by atoms with Crippen LogP contribution >= 0.6 is 0 Å². The van der Waals surface area contributed by atoms with E-state index in [-0.39, 0.29) is 0 Å². The molecular formula is C30H66F6N2O7S2Si3. The van der Waals surface area contributed by atoms with Crippen LogP contribution in [0.3, 0.4) is 0 Å². The molecule has 0 rings (SSSR count). The Morgan fingerprint density at radius 1 is 0.480 bits per heavy atom. The molecule has 9 nitrogen and oxygen atoms in total. The zero-order valence-corrected chi connectivity index (χ0v) is 36.7. The van der Waals surface area contributed by atoms with Gasteiger partial charge in [0.15, 0.2) is 45.0 Å². The van der Waals surface area contributed by atoms with Crippen LogP contribution in [-0.2, 0) is 33.3 Å². The van der Waals surface area contributed by atoms with Crippen LogP contribution in [0.25, 0.3) is 4.13 Å². The second-order valence-electron chi connectivity index (χ2n) is 12.8. The van der Waals surface area contributed by atoms with Crippen molar-refractivity contribution in [2.45, 2.75) is 147 Å². The van der Waals surface area contributed by atoms with E-state index in [1.807, 2.05) is 0 Å². The number of sulfonamides is 2. The topological polar surface area (TPSA) is 110 Å². The van der Waals surface area contributed by atoms with E-state index in [9.17, 15) is 43.2 Å². The first-order chi connectivity index (χ1) is 22.9. The molecule has 0 radical (unpaired) electrons. The first kappa shape index (κ1) is 52.0. The summed E-state index contributed by atoms with van der Waals surface area (Å²) in [5.41, 5.74) is -12.4. The van der Waals surface area contributed by atoms with Gasteiger partial charge in [-0.25, -0.2) is 16.8 Å². The van der Waals surface area contributed by atoms with E-state index in [0.717, 1.165) is 48.1 Å². The lowest BCUT2D eigenvalue weighted by molar-refractivity contribution is -0.928. The van der Waals surface area contributed by atoms with Crippen LogP contribution in [-0.4, -0.2) is 103 Å². The summed E-state index contributed by atoms with van der Waals surface area (Å²) in [6, 6.07) is 11.1. The van der Waals surface area contributed by atoms with E-state index >= 15 is 0 Å². The number of unbranched alkanes of at least 4 members (excludes halogenated alkanes) is 1. The molecule has 0 spiro atoms. The molecule has 50 heavy (non-hydrogen) atoms. The van der Waals surface area contributed by atoms with E-state index in [4.69, 9.17) is 13.3 Å². The molecule has 0 aromatic carbocycles. The van der Waals surface area contributed by atoms with Gasteiger partial charge in [-0.2, -0.15) is 26.3 Å². The molecule has 0 aliphatic heterocycles. The monoisotopic (exact) mass is 828 g/mol. The van der Waals surface area contributed by atoms with Crippen LogP contribution < -0.4 is 0 Å². The summed E-state index contributed by atoms with van der Waals surface area (Å²) < 4.78 is 131. The maximum absolute atomic E-state index is 11.4. The van der Waals surface area contributed by atoms with Gasteiger partial charge in [0, 0.05) is 0 Å². The third kappa shape index (κ3) is 16.5. The molecule has 20 heteroatoms. The number of nitrogens with zero attached hydrogens (tertiary/aromatic N) is 2. The van der Waals surface area contributed by atoms with E-state index in [1.54, 1.807) is 0 Å². The molecule has 0 aliphatic carbocycles. The van der Waals surface area contributed by atoms with Crippen LogP contribution in [0, 0.1) is 0 Å². The average molecular weight is 829 g/mol. The van der Waals surface area contributed by atoms with Gasteiger partial charge in [-0.1, -0.05) is 75.7 Å². The summed E-state index contributed by atoms with van der Waals surface area (Å²) >= 11 is 0. The molecular weight excluding hydrogens is 763 g/mol. The predicted octanol–water partition coefficient (Wildman–Crippen LogP) is 9.73. The average Bonchev–Trinajstić information content (AvgIpc) is 3.05. The summed E-state index contributed by atoms with van der Waals surface area (Å²) in [6.45, 7) is 30.7. The fraction of sp³-hybridized carbons (Fsp3) is 1.00. The fourth-order valence-corrected chi connectivity index (χ4v) is 15.5. The van der Waals surface area contributed by atoms with Crippen LogP contribution in [0.4, 0.5) is 26.3 Å². The number of halogens is 6. The first-order valence-electron chi connectivity index (χ1n) is 18.1. The molecule has 0 heterocycles. The second-order valence-corrected chi connectivity index (χ2v) is 30.5. The Bertz CT molecular complexity index is 1010. The number of hydrogen-bond acceptors (Lipinski definition) is 7. The molecule has 0 saturated carbocycles. The first-order valence-corrected chi connectivity index (χ1v) is 28.5. The van der Waals surface area contributed by atoms with Crippen molar-refractivity contribution in [3.8, 4) is 0 Å². The van der Waals surface area contributed by atoms with Crippen LogP contribution in [0.15, 0.2) is 0 Å². The lowest BCUT2D eigenvalue weighted by Crippen LogP contribution is -2.56. The Hall–Kier alpha value is -0.0694. The zero-order valence-electron chi connectivity index (χ0n) is 32.1. The highest BCUT2D eigenvalue weighted by molar-refractivity contribution is 8.13. The molecule has 0 N–H and O–H groups in total. The van der Waals surface area contributed by atoms with Gasteiger partial charge in [-0.05, 0) is 60.8 Å². The van der Waals surface area contributed by atoms with Crippen molar-refractivity contribution in [1.82, 2.24) is 0 Å². The summed E-state index contributed by atoms with van der Waals surface area (Å²) in [4.78, 5) is 0. The smallest absolute Gasteiger partial charge is 0.421 e. The summed E-state index contributed by atoms with van der Waals surface area (Å²) in [5, 5.41) is 0. The van der Waals surface area contributed by atoms with Crippen LogP contribution in [0.5, 0.6) is 0 Å². The minimum atomic E-state index is -6.72. The predicted molar refractivity (Wildman–Crippen MR) is 197 cm³/mol. The van der Waals surface area contributed by atoms with Crippen molar-refractivity contribution < 1.29 is 60.9 Å². The minimum Gasteiger partial charge on any atom is -0.421 e. The number of hydrogen-bond donors (Lipinski definition) is 0.